The normalized spacial score (nSPS) is 9.92. The minimum Gasteiger partial charge on any atom is -0.355 e. The average Bonchev–Trinajstić information content (AvgIpc) is 2.57. The second-order valence-electron chi connectivity index (χ2n) is 2.61. The van der Waals surface area contributed by atoms with E-state index in [4.69, 9.17) is 0 Å². The minimum absolute atomic E-state index is 0.0257. The molecular weight excluding hydrogens is 186 g/mol. The van der Waals surface area contributed by atoms with E-state index in [1.165, 1.54) is 0 Å². The Balaban J connectivity index is 2.11. The zero-order valence-corrected chi connectivity index (χ0v) is 8.36. The lowest BCUT2D eigenvalue weighted by Gasteiger charge is -2.02. The third kappa shape index (κ3) is 4.00. The number of likely N-dealkylation sites (N-methyl/N-ethyl adjacent to an activating group) is 1. The van der Waals surface area contributed by atoms with Crippen molar-refractivity contribution < 1.29 is 4.79 Å². The molecule has 0 aliphatic rings. The third-order valence-corrected chi connectivity index (χ3v) is 2.16. The number of thiazole rings is 1. The van der Waals surface area contributed by atoms with Gasteiger partial charge in [-0.25, -0.2) is 4.98 Å². The molecule has 0 aliphatic carbocycles. The van der Waals surface area contributed by atoms with Crippen LogP contribution in [-0.4, -0.2) is 31.0 Å². The molecule has 1 rings (SSSR count). The second kappa shape index (κ2) is 5.66. The van der Waals surface area contributed by atoms with E-state index >= 15 is 0 Å². The molecule has 4 nitrogen and oxygen atoms in total. The highest BCUT2D eigenvalue weighted by Crippen LogP contribution is 2.00. The summed E-state index contributed by atoms with van der Waals surface area (Å²) in [5, 5.41) is 7.56. The summed E-state index contributed by atoms with van der Waals surface area (Å²) in [6, 6.07) is 0. The fourth-order valence-corrected chi connectivity index (χ4v) is 1.51. The standard InChI is InChI=1S/C8H13N3OS/c1-9-4-8(12)10-3-2-7-5-13-6-11-7/h5-6,9H,2-4H2,1H3,(H,10,12). The van der Waals surface area contributed by atoms with Gasteiger partial charge in [-0.3, -0.25) is 4.79 Å². The maximum atomic E-state index is 11.0. The van der Waals surface area contributed by atoms with Crippen molar-refractivity contribution in [2.24, 2.45) is 0 Å². The van der Waals surface area contributed by atoms with Gasteiger partial charge >= 0.3 is 0 Å². The third-order valence-electron chi connectivity index (χ3n) is 1.52. The zero-order valence-electron chi connectivity index (χ0n) is 7.54. The fourth-order valence-electron chi connectivity index (χ4n) is 0.914. The smallest absolute Gasteiger partial charge is 0.233 e. The Morgan fingerprint density at radius 1 is 1.69 bits per heavy atom. The van der Waals surface area contributed by atoms with Crippen LogP contribution in [0.2, 0.25) is 0 Å². The molecule has 0 atom stereocenters. The first-order chi connectivity index (χ1) is 6.33. The Hall–Kier alpha value is -0.940. The van der Waals surface area contributed by atoms with E-state index in [0.717, 1.165) is 12.1 Å². The van der Waals surface area contributed by atoms with E-state index in [2.05, 4.69) is 15.6 Å². The molecule has 1 aromatic heterocycles. The summed E-state index contributed by atoms with van der Waals surface area (Å²) in [6.45, 7) is 1.03. The molecule has 72 valence electrons. The van der Waals surface area contributed by atoms with Gasteiger partial charge in [0.05, 0.1) is 17.7 Å². The molecule has 5 heteroatoms. The van der Waals surface area contributed by atoms with Crippen LogP contribution >= 0.6 is 11.3 Å². The van der Waals surface area contributed by atoms with Crippen molar-refractivity contribution in [2.45, 2.75) is 6.42 Å². The van der Waals surface area contributed by atoms with Crippen LogP contribution in [0.4, 0.5) is 0 Å². The lowest BCUT2D eigenvalue weighted by Crippen LogP contribution is -2.33. The van der Waals surface area contributed by atoms with Crippen molar-refractivity contribution in [3.63, 3.8) is 0 Å². The minimum atomic E-state index is 0.0257. The Kier molecular flexibility index (Phi) is 4.42. The molecule has 0 fully saturated rings. The van der Waals surface area contributed by atoms with Gasteiger partial charge in [0.15, 0.2) is 0 Å². The molecular formula is C8H13N3OS. The molecule has 1 aromatic rings. The summed E-state index contributed by atoms with van der Waals surface area (Å²) >= 11 is 1.57. The zero-order chi connectivity index (χ0) is 9.52. The Morgan fingerprint density at radius 3 is 3.15 bits per heavy atom. The second-order valence-corrected chi connectivity index (χ2v) is 3.33. The van der Waals surface area contributed by atoms with Crippen molar-refractivity contribution in [3.05, 3.63) is 16.6 Å². The van der Waals surface area contributed by atoms with Crippen molar-refractivity contribution in [2.75, 3.05) is 20.1 Å². The molecule has 0 aliphatic heterocycles. The molecule has 0 spiro atoms. The van der Waals surface area contributed by atoms with Gasteiger partial charge in [0, 0.05) is 18.3 Å². The van der Waals surface area contributed by atoms with Crippen molar-refractivity contribution >= 4 is 17.2 Å². The van der Waals surface area contributed by atoms with Crippen molar-refractivity contribution in [1.29, 1.82) is 0 Å². The number of amides is 1. The van der Waals surface area contributed by atoms with Crippen LogP contribution in [0.3, 0.4) is 0 Å². The fraction of sp³-hybridized carbons (Fsp3) is 0.500. The molecule has 1 heterocycles. The van der Waals surface area contributed by atoms with E-state index in [0.29, 0.717) is 13.1 Å². The van der Waals surface area contributed by atoms with Crippen LogP contribution in [-0.2, 0) is 11.2 Å². The topological polar surface area (TPSA) is 54.0 Å². The monoisotopic (exact) mass is 199 g/mol. The first-order valence-electron chi connectivity index (χ1n) is 4.11. The molecule has 0 radical (unpaired) electrons. The number of hydrogen-bond acceptors (Lipinski definition) is 4. The van der Waals surface area contributed by atoms with Crippen LogP contribution in [0.15, 0.2) is 10.9 Å². The van der Waals surface area contributed by atoms with Crippen LogP contribution in [0, 0.1) is 0 Å². The molecule has 1 amide bonds. The molecule has 0 unspecified atom stereocenters. The number of aromatic nitrogens is 1. The number of carbonyl (C=O) groups is 1. The number of rotatable bonds is 5. The summed E-state index contributed by atoms with van der Waals surface area (Å²) in [5.41, 5.74) is 2.83. The van der Waals surface area contributed by atoms with Crippen LogP contribution in [0.25, 0.3) is 0 Å². The highest BCUT2D eigenvalue weighted by molar-refractivity contribution is 7.07. The van der Waals surface area contributed by atoms with Gasteiger partial charge in [-0.05, 0) is 7.05 Å². The Labute approximate surface area is 81.4 Å². The van der Waals surface area contributed by atoms with Gasteiger partial charge in [0.25, 0.3) is 0 Å². The lowest BCUT2D eigenvalue weighted by atomic mass is 10.3. The van der Waals surface area contributed by atoms with Gasteiger partial charge in [0.1, 0.15) is 0 Å². The van der Waals surface area contributed by atoms with Gasteiger partial charge in [-0.15, -0.1) is 11.3 Å². The van der Waals surface area contributed by atoms with Gasteiger partial charge < -0.3 is 10.6 Å². The summed E-state index contributed by atoms with van der Waals surface area (Å²) in [7, 11) is 1.75. The van der Waals surface area contributed by atoms with Gasteiger partial charge in [-0.2, -0.15) is 0 Å². The van der Waals surface area contributed by atoms with Crippen LogP contribution in [0.1, 0.15) is 5.69 Å². The van der Waals surface area contributed by atoms with Crippen LogP contribution in [0.5, 0.6) is 0 Å². The van der Waals surface area contributed by atoms with Crippen LogP contribution < -0.4 is 10.6 Å². The maximum absolute atomic E-state index is 11.0. The van der Waals surface area contributed by atoms with Crippen molar-refractivity contribution in [1.82, 2.24) is 15.6 Å². The van der Waals surface area contributed by atoms with E-state index in [1.54, 1.807) is 23.9 Å². The summed E-state index contributed by atoms with van der Waals surface area (Å²) in [5.74, 6) is 0.0257. The molecule has 0 saturated heterocycles. The number of nitrogens with zero attached hydrogens (tertiary/aromatic N) is 1. The molecule has 13 heavy (non-hydrogen) atoms. The summed E-state index contributed by atoms with van der Waals surface area (Å²) in [6.07, 6.45) is 0.805. The number of hydrogen-bond donors (Lipinski definition) is 2. The van der Waals surface area contributed by atoms with E-state index in [9.17, 15) is 4.79 Å². The SMILES string of the molecule is CNCC(=O)NCCc1cscn1. The first-order valence-corrected chi connectivity index (χ1v) is 5.05. The molecule has 2 N–H and O–H groups in total. The number of nitrogens with one attached hydrogen (secondary N) is 2. The predicted octanol–water partition coefficient (Wildman–Crippen LogP) is 0.0212. The highest BCUT2D eigenvalue weighted by atomic mass is 32.1. The molecule has 0 aromatic carbocycles. The number of carbonyl (C=O) groups excluding carboxylic acids is 1. The first kappa shape index (κ1) is 10.1. The maximum Gasteiger partial charge on any atom is 0.233 e. The lowest BCUT2D eigenvalue weighted by molar-refractivity contribution is -0.120. The highest BCUT2D eigenvalue weighted by Gasteiger charge is 1.98. The Morgan fingerprint density at radius 2 is 2.54 bits per heavy atom. The van der Waals surface area contributed by atoms with Gasteiger partial charge in [-0.1, -0.05) is 0 Å². The largest absolute Gasteiger partial charge is 0.355 e. The molecule has 0 bridgehead atoms. The average molecular weight is 199 g/mol. The van der Waals surface area contributed by atoms with E-state index in [1.807, 2.05) is 5.38 Å². The molecule has 0 saturated carbocycles. The van der Waals surface area contributed by atoms with Gasteiger partial charge in [0.2, 0.25) is 5.91 Å². The quantitative estimate of drug-likeness (QED) is 0.703. The summed E-state index contributed by atoms with van der Waals surface area (Å²) in [4.78, 5) is 15.1. The van der Waals surface area contributed by atoms with E-state index in [-0.39, 0.29) is 5.91 Å². The summed E-state index contributed by atoms with van der Waals surface area (Å²) < 4.78 is 0. The predicted molar refractivity (Wildman–Crippen MR) is 52.8 cm³/mol. The van der Waals surface area contributed by atoms with Crippen molar-refractivity contribution in [3.8, 4) is 0 Å². The van der Waals surface area contributed by atoms with E-state index < -0.39 is 0 Å². The Bertz CT molecular complexity index is 248.